The SMILES string of the molecule is O=C1CCC2=C(CCc3cccc(Cl)c32)N1. The lowest BCUT2D eigenvalue weighted by atomic mass is 9.84. The molecule has 16 heavy (non-hydrogen) atoms. The molecule has 0 atom stereocenters. The van der Waals surface area contributed by atoms with E-state index in [0.29, 0.717) is 6.42 Å². The summed E-state index contributed by atoms with van der Waals surface area (Å²) in [6.07, 6.45) is 3.28. The molecule has 1 aliphatic carbocycles. The van der Waals surface area contributed by atoms with Crippen LogP contribution < -0.4 is 5.32 Å². The Bertz CT molecular complexity index is 505. The molecule has 1 amide bonds. The normalized spacial score (nSPS) is 18.9. The van der Waals surface area contributed by atoms with Crippen LogP contribution in [0.1, 0.15) is 30.4 Å². The summed E-state index contributed by atoms with van der Waals surface area (Å²) in [4.78, 5) is 11.3. The summed E-state index contributed by atoms with van der Waals surface area (Å²) in [5.74, 6) is 0.134. The van der Waals surface area contributed by atoms with Crippen molar-refractivity contribution in [2.24, 2.45) is 0 Å². The van der Waals surface area contributed by atoms with Crippen LogP contribution in [0.5, 0.6) is 0 Å². The third-order valence-electron chi connectivity index (χ3n) is 3.30. The molecule has 0 aromatic heterocycles. The molecule has 1 aromatic carbocycles. The van der Waals surface area contributed by atoms with Crippen LogP contribution in [0.25, 0.3) is 5.57 Å². The highest BCUT2D eigenvalue weighted by molar-refractivity contribution is 6.32. The van der Waals surface area contributed by atoms with E-state index < -0.39 is 0 Å². The molecule has 0 saturated carbocycles. The third-order valence-corrected chi connectivity index (χ3v) is 3.62. The Hall–Kier alpha value is -1.28. The molecule has 0 fully saturated rings. The molecular formula is C13H12ClNO. The molecule has 1 aliphatic heterocycles. The van der Waals surface area contributed by atoms with Crippen molar-refractivity contribution in [3.63, 3.8) is 0 Å². The number of carbonyl (C=O) groups excluding carboxylic acids is 1. The van der Waals surface area contributed by atoms with Gasteiger partial charge in [-0.1, -0.05) is 23.7 Å². The number of halogens is 1. The van der Waals surface area contributed by atoms with Gasteiger partial charge in [-0.05, 0) is 36.5 Å². The molecule has 1 aromatic rings. The second-order valence-electron chi connectivity index (χ2n) is 4.28. The maximum absolute atomic E-state index is 11.3. The number of hydrogen-bond acceptors (Lipinski definition) is 1. The van der Waals surface area contributed by atoms with Gasteiger partial charge in [0.2, 0.25) is 5.91 Å². The minimum Gasteiger partial charge on any atom is -0.329 e. The number of hydrogen-bond donors (Lipinski definition) is 1. The maximum atomic E-state index is 11.3. The molecule has 0 bridgehead atoms. The Morgan fingerprint density at radius 2 is 2.00 bits per heavy atom. The molecule has 1 heterocycles. The van der Waals surface area contributed by atoms with E-state index in [9.17, 15) is 4.79 Å². The van der Waals surface area contributed by atoms with E-state index in [2.05, 4.69) is 11.4 Å². The van der Waals surface area contributed by atoms with Crippen molar-refractivity contribution < 1.29 is 4.79 Å². The highest BCUT2D eigenvalue weighted by Crippen LogP contribution is 2.39. The summed E-state index contributed by atoms with van der Waals surface area (Å²) < 4.78 is 0. The van der Waals surface area contributed by atoms with Crippen LogP contribution in [-0.2, 0) is 11.2 Å². The highest BCUT2D eigenvalue weighted by Gasteiger charge is 2.25. The number of nitrogens with one attached hydrogen (secondary N) is 1. The van der Waals surface area contributed by atoms with Crippen LogP contribution in [0.3, 0.4) is 0 Å². The fraction of sp³-hybridized carbons (Fsp3) is 0.308. The highest BCUT2D eigenvalue weighted by atomic mass is 35.5. The topological polar surface area (TPSA) is 29.1 Å². The molecule has 2 aliphatic rings. The Balaban J connectivity index is 2.17. The summed E-state index contributed by atoms with van der Waals surface area (Å²) in [6.45, 7) is 0. The van der Waals surface area contributed by atoms with Gasteiger partial charge in [0.25, 0.3) is 0 Å². The van der Waals surface area contributed by atoms with E-state index in [-0.39, 0.29) is 5.91 Å². The van der Waals surface area contributed by atoms with Gasteiger partial charge in [0.05, 0.1) is 0 Å². The number of aryl methyl sites for hydroxylation is 1. The first-order valence-corrected chi connectivity index (χ1v) is 5.93. The fourth-order valence-electron chi connectivity index (χ4n) is 2.56. The van der Waals surface area contributed by atoms with Crippen molar-refractivity contribution in [1.82, 2.24) is 5.32 Å². The standard InChI is InChI=1S/C13H12ClNO/c14-10-3-1-2-8-4-6-11-9(13(8)10)5-7-12(16)15-11/h1-3H,4-7H2,(H,15,16). The van der Waals surface area contributed by atoms with E-state index >= 15 is 0 Å². The minimum atomic E-state index is 0.134. The van der Waals surface area contributed by atoms with Crippen LogP contribution >= 0.6 is 11.6 Å². The molecular weight excluding hydrogens is 222 g/mol. The van der Waals surface area contributed by atoms with Crippen LogP contribution in [0.2, 0.25) is 5.02 Å². The summed E-state index contributed by atoms with van der Waals surface area (Å²) in [5.41, 5.74) is 4.79. The van der Waals surface area contributed by atoms with Crippen molar-refractivity contribution >= 4 is 23.1 Å². The fourth-order valence-corrected chi connectivity index (χ4v) is 2.87. The van der Waals surface area contributed by atoms with E-state index in [1.807, 2.05) is 12.1 Å². The molecule has 1 N–H and O–H groups in total. The van der Waals surface area contributed by atoms with Crippen molar-refractivity contribution in [2.75, 3.05) is 0 Å². The third kappa shape index (κ3) is 1.45. The second-order valence-corrected chi connectivity index (χ2v) is 4.69. The lowest BCUT2D eigenvalue weighted by molar-refractivity contribution is -0.120. The van der Waals surface area contributed by atoms with Gasteiger partial charge in [-0.3, -0.25) is 4.79 Å². The Morgan fingerprint density at radius 3 is 2.88 bits per heavy atom. The van der Waals surface area contributed by atoms with Gasteiger partial charge in [-0.2, -0.15) is 0 Å². The maximum Gasteiger partial charge on any atom is 0.224 e. The lowest BCUT2D eigenvalue weighted by Crippen LogP contribution is -2.29. The molecule has 3 heteroatoms. The van der Waals surface area contributed by atoms with Crippen molar-refractivity contribution in [3.8, 4) is 0 Å². The van der Waals surface area contributed by atoms with Gasteiger partial charge in [0.15, 0.2) is 0 Å². The van der Waals surface area contributed by atoms with Gasteiger partial charge < -0.3 is 5.32 Å². The summed E-state index contributed by atoms with van der Waals surface area (Å²) >= 11 is 6.25. The average Bonchev–Trinajstić information content (AvgIpc) is 2.29. The smallest absolute Gasteiger partial charge is 0.224 e. The molecule has 2 nitrogen and oxygen atoms in total. The molecule has 0 spiro atoms. The molecule has 3 rings (SSSR count). The summed E-state index contributed by atoms with van der Waals surface area (Å²) in [7, 11) is 0. The molecule has 0 unspecified atom stereocenters. The number of carbonyl (C=O) groups is 1. The van der Waals surface area contributed by atoms with Crippen molar-refractivity contribution in [1.29, 1.82) is 0 Å². The molecule has 82 valence electrons. The Labute approximate surface area is 99.3 Å². The van der Waals surface area contributed by atoms with E-state index in [1.165, 1.54) is 11.1 Å². The monoisotopic (exact) mass is 233 g/mol. The predicted molar refractivity (Wildman–Crippen MR) is 64.1 cm³/mol. The zero-order chi connectivity index (χ0) is 11.1. The molecule has 0 saturated heterocycles. The van der Waals surface area contributed by atoms with Crippen LogP contribution in [0, 0.1) is 0 Å². The van der Waals surface area contributed by atoms with Crippen molar-refractivity contribution in [2.45, 2.75) is 25.7 Å². The zero-order valence-corrected chi connectivity index (χ0v) is 9.60. The first kappa shape index (κ1) is 9.91. The van der Waals surface area contributed by atoms with E-state index in [4.69, 9.17) is 11.6 Å². The number of amides is 1. The molecule has 0 radical (unpaired) electrons. The largest absolute Gasteiger partial charge is 0.329 e. The van der Waals surface area contributed by atoms with Crippen LogP contribution in [-0.4, -0.2) is 5.91 Å². The van der Waals surface area contributed by atoms with Gasteiger partial charge >= 0.3 is 0 Å². The number of fused-ring (bicyclic) bond motifs is 2. The first-order valence-electron chi connectivity index (χ1n) is 5.55. The van der Waals surface area contributed by atoms with Gasteiger partial charge in [-0.25, -0.2) is 0 Å². The lowest BCUT2D eigenvalue weighted by Gasteiger charge is -2.28. The first-order chi connectivity index (χ1) is 7.75. The predicted octanol–water partition coefficient (Wildman–Crippen LogP) is 2.91. The number of benzene rings is 1. The average molecular weight is 234 g/mol. The summed E-state index contributed by atoms with van der Waals surface area (Å²) in [6, 6.07) is 6.04. The van der Waals surface area contributed by atoms with Gasteiger partial charge in [0, 0.05) is 22.7 Å². The van der Waals surface area contributed by atoms with Gasteiger partial charge in [-0.15, -0.1) is 0 Å². The zero-order valence-electron chi connectivity index (χ0n) is 8.85. The van der Waals surface area contributed by atoms with Crippen LogP contribution in [0.4, 0.5) is 0 Å². The Morgan fingerprint density at radius 1 is 1.12 bits per heavy atom. The second kappa shape index (κ2) is 3.63. The number of allylic oxidation sites excluding steroid dienone is 2. The quantitative estimate of drug-likeness (QED) is 0.734. The van der Waals surface area contributed by atoms with Crippen LogP contribution in [0.15, 0.2) is 23.9 Å². The number of rotatable bonds is 0. The minimum absolute atomic E-state index is 0.134. The van der Waals surface area contributed by atoms with Gasteiger partial charge in [0.1, 0.15) is 0 Å². The Kier molecular flexibility index (Phi) is 2.25. The van der Waals surface area contributed by atoms with E-state index in [1.54, 1.807) is 0 Å². The summed E-state index contributed by atoms with van der Waals surface area (Å²) in [5, 5.41) is 3.77. The van der Waals surface area contributed by atoms with E-state index in [0.717, 1.165) is 35.5 Å². The van der Waals surface area contributed by atoms with Crippen molar-refractivity contribution in [3.05, 3.63) is 40.0 Å².